The lowest BCUT2D eigenvalue weighted by atomic mass is 10.0. The third-order valence-electron chi connectivity index (χ3n) is 7.47. The number of anilines is 1. The first-order chi connectivity index (χ1) is 19.0. The average Bonchev–Trinajstić information content (AvgIpc) is 3.53. The van der Waals surface area contributed by atoms with Gasteiger partial charge in [-0.05, 0) is 67.8 Å². The highest BCUT2D eigenvalue weighted by molar-refractivity contribution is 6.31. The van der Waals surface area contributed by atoms with Crippen LogP contribution in [0.15, 0.2) is 91.1 Å². The third-order valence-corrected chi connectivity index (χ3v) is 7.88. The summed E-state index contributed by atoms with van der Waals surface area (Å²) in [5, 5.41) is 8.81. The normalized spacial score (nSPS) is 14.5. The van der Waals surface area contributed by atoms with Gasteiger partial charge >= 0.3 is 6.03 Å². The predicted molar refractivity (Wildman–Crippen MR) is 156 cm³/mol. The van der Waals surface area contributed by atoms with E-state index in [-0.39, 0.29) is 12.1 Å². The highest BCUT2D eigenvalue weighted by atomic mass is 35.5. The van der Waals surface area contributed by atoms with E-state index in [4.69, 9.17) is 16.7 Å². The van der Waals surface area contributed by atoms with Crippen LogP contribution >= 0.6 is 11.6 Å². The number of halogens is 1. The molecule has 0 spiro atoms. The molecule has 3 heterocycles. The van der Waals surface area contributed by atoms with Crippen molar-refractivity contribution in [2.24, 2.45) is 0 Å². The molecule has 1 aliphatic heterocycles. The fourth-order valence-electron chi connectivity index (χ4n) is 5.38. The number of carbonyl (C=O) groups is 1. The van der Waals surface area contributed by atoms with Gasteiger partial charge in [-0.1, -0.05) is 72.6 Å². The van der Waals surface area contributed by atoms with Gasteiger partial charge in [-0.15, -0.1) is 0 Å². The van der Waals surface area contributed by atoms with E-state index in [0.29, 0.717) is 17.3 Å². The zero-order valence-corrected chi connectivity index (χ0v) is 23.0. The van der Waals surface area contributed by atoms with Crippen molar-refractivity contribution in [3.63, 3.8) is 0 Å². The van der Waals surface area contributed by atoms with Crippen molar-refractivity contribution in [2.75, 3.05) is 5.32 Å². The summed E-state index contributed by atoms with van der Waals surface area (Å²) in [7, 11) is 0. The minimum Gasteiger partial charge on any atom is -0.307 e. The lowest BCUT2D eigenvalue weighted by Crippen LogP contribution is -2.38. The molecular formula is C32H30ClN5O. The molecule has 7 heteroatoms. The second kappa shape index (κ2) is 10.1. The highest BCUT2D eigenvalue weighted by Crippen LogP contribution is 2.39. The molecule has 0 aliphatic carbocycles. The number of nitrogens with one attached hydrogen (secondary N) is 1. The van der Waals surface area contributed by atoms with Gasteiger partial charge in [0.15, 0.2) is 0 Å². The number of fused-ring (bicyclic) bond motifs is 3. The number of benzene rings is 3. The molecule has 0 fully saturated rings. The molecule has 5 aromatic rings. The van der Waals surface area contributed by atoms with E-state index >= 15 is 0 Å². The summed E-state index contributed by atoms with van der Waals surface area (Å²) >= 11 is 6.39. The number of hydrogen-bond donors (Lipinski definition) is 1. The van der Waals surface area contributed by atoms with E-state index < -0.39 is 0 Å². The standard InChI is InChI=1S/C32H30ClN5O/c1-4-27-25-20-37(32(39)34-28-13-8-12-26(33)22(28)3)30(23-17-15-21(2)16-18-23)29-14-9-19-36(29)31(25)38(35-27)24-10-6-5-7-11-24/h5-19,30H,4,20H2,1-3H3,(H,34,39). The van der Waals surface area contributed by atoms with E-state index in [1.807, 2.05) is 59.0 Å². The van der Waals surface area contributed by atoms with Gasteiger partial charge in [0.2, 0.25) is 0 Å². The van der Waals surface area contributed by atoms with Gasteiger partial charge in [0.25, 0.3) is 0 Å². The quantitative estimate of drug-likeness (QED) is 0.257. The maximum absolute atomic E-state index is 14.2. The van der Waals surface area contributed by atoms with E-state index in [1.165, 1.54) is 5.56 Å². The summed E-state index contributed by atoms with van der Waals surface area (Å²) in [6.07, 6.45) is 2.81. The molecule has 6 nitrogen and oxygen atoms in total. The maximum Gasteiger partial charge on any atom is 0.322 e. The molecule has 0 saturated heterocycles. The van der Waals surface area contributed by atoms with E-state index in [0.717, 1.165) is 46.0 Å². The Bertz CT molecular complexity index is 1650. The smallest absolute Gasteiger partial charge is 0.307 e. The van der Waals surface area contributed by atoms with Crippen molar-refractivity contribution >= 4 is 23.3 Å². The van der Waals surface area contributed by atoms with E-state index in [9.17, 15) is 4.79 Å². The molecule has 39 heavy (non-hydrogen) atoms. The van der Waals surface area contributed by atoms with Crippen LogP contribution in [0.3, 0.4) is 0 Å². The Morgan fingerprint density at radius 2 is 1.74 bits per heavy atom. The lowest BCUT2D eigenvalue weighted by molar-refractivity contribution is 0.194. The SMILES string of the molecule is CCc1nn(-c2ccccc2)c2c1CN(C(=O)Nc1cccc(Cl)c1C)C(c1ccc(C)cc1)c1cccn1-2. The number of aryl methyl sites for hydroxylation is 2. The summed E-state index contributed by atoms with van der Waals surface area (Å²) in [5.41, 5.74) is 7.73. The minimum absolute atomic E-state index is 0.193. The lowest BCUT2D eigenvalue weighted by Gasteiger charge is -2.31. The van der Waals surface area contributed by atoms with Crippen molar-refractivity contribution in [1.82, 2.24) is 19.2 Å². The van der Waals surface area contributed by atoms with Gasteiger partial charge in [0.05, 0.1) is 29.7 Å². The Balaban J connectivity index is 1.55. The fourth-order valence-corrected chi connectivity index (χ4v) is 5.55. The molecule has 3 aromatic carbocycles. The van der Waals surface area contributed by atoms with Crippen LogP contribution in [0, 0.1) is 13.8 Å². The number of hydrogen-bond acceptors (Lipinski definition) is 2. The first-order valence-corrected chi connectivity index (χ1v) is 13.6. The fraction of sp³-hybridized carbons (Fsp3) is 0.188. The molecule has 1 aliphatic rings. The van der Waals surface area contributed by atoms with Gasteiger partial charge in [0.1, 0.15) is 5.82 Å². The summed E-state index contributed by atoms with van der Waals surface area (Å²) < 4.78 is 4.20. The maximum atomic E-state index is 14.2. The zero-order valence-electron chi connectivity index (χ0n) is 22.2. The number of aromatic nitrogens is 3. The van der Waals surface area contributed by atoms with Gasteiger partial charge in [0, 0.05) is 22.5 Å². The van der Waals surface area contributed by atoms with Crippen LogP contribution in [0.25, 0.3) is 11.5 Å². The second-order valence-corrected chi connectivity index (χ2v) is 10.3. The van der Waals surface area contributed by atoms with Crippen LogP contribution in [0.5, 0.6) is 0 Å². The monoisotopic (exact) mass is 535 g/mol. The molecule has 196 valence electrons. The topological polar surface area (TPSA) is 55.1 Å². The Kier molecular flexibility index (Phi) is 6.49. The molecule has 1 atom stereocenters. The molecule has 1 N–H and O–H groups in total. The summed E-state index contributed by atoms with van der Waals surface area (Å²) in [6, 6.07) is 27.8. The molecule has 0 bridgehead atoms. The highest BCUT2D eigenvalue weighted by Gasteiger charge is 2.36. The van der Waals surface area contributed by atoms with Gasteiger partial charge in [-0.3, -0.25) is 0 Å². The molecule has 6 rings (SSSR count). The Morgan fingerprint density at radius 1 is 0.974 bits per heavy atom. The summed E-state index contributed by atoms with van der Waals surface area (Å²) in [4.78, 5) is 16.1. The van der Waals surface area contributed by atoms with Gasteiger partial charge in [-0.25, -0.2) is 9.48 Å². The molecule has 2 amide bonds. The van der Waals surface area contributed by atoms with Crippen LogP contribution in [0.1, 0.15) is 46.6 Å². The minimum atomic E-state index is -0.318. The Labute approximate surface area is 233 Å². The van der Waals surface area contributed by atoms with Crippen molar-refractivity contribution in [1.29, 1.82) is 0 Å². The number of carbonyl (C=O) groups excluding carboxylic acids is 1. The van der Waals surface area contributed by atoms with Crippen molar-refractivity contribution in [3.8, 4) is 11.5 Å². The molecule has 1 unspecified atom stereocenters. The van der Waals surface area contributed by atoms with Crippen LogP contribution in [-0.4, -0.2) is 25.3 Å². The van der Waals surface area contributed by atoms with Gasteiger partial charge in [-0.2, -0.15) is 5.10 Å². The second-order valence-electron chi connectivity index (χ2n) is 9.94. The molecular weight excluding hydrogens is 506 g/mol. The first kappa shape index (κ1) is 25.0. The van der Waals surface area contributed by atoms with Crippen molar-refractivity contribution in [3.05, 3.63) is 130 Å². The number of urea groups is 1. The predicted octanol–water partition coefficient (Wildman–Crippen LogP) is 7.63. The molecule has 0 radical (unpaired) electrons. The van der Waals surface area contributed by atoms with Crippen LogP contribution in [0.4, 0.5) is 10.5 Å². The third kappa shape index (κ3) is 4.41. The van der Waals surface area contributed by atoms with E-state index in [1.54, 1.807) is 0 Å². The average molecular weight is 536 g/mol. The van der Waals surface area contributed by atoms with Crippen LogP contribution in [0.2, 0.25) is 5.02 Å². The first-order valence-electron chi connectivity index (χ1n) is 13.2. The van der Waals surface area contributed by atoms with Crippen LogP contribution < -0.4 is 5.32 Å². The molecule has 2 aromatic heterocycles. The van der Waals surface area contributed by atoms with Crippen molar-refractivity contribution in [2.45, 2.75) is 39.8 Å². The number of nitrogens with zero attached hydrogens (tertiary/aromatic N) is 4. The zero-order chi connectivity index (χ0) is 27.1. The van der Waals surface area contributed by atoms with Crippen LogP contribution in [-0.2, 0) is 13.0 Å². The molecule has 0 saturated carbocycles. The van der Waals surface area contributed by atoms with E-state index in [2.05, 4.69) is 72.4 Å². The Morgan fingerprint density at radius 3 is 2.49 bits per heavy atom. The largest absolute Gasteiger partial charge is 0.322 e. The number of rotatable bonds is 4. The Hall–Kier alpha value is -4.29. The van der Waals surface area contributed by atoms with Gasteiger partial charge < -0.3 is 14.8 Å². The summed E-state index contributed by atoms with van der Waals surface area (Å²) in [5.74, 6) is 0.962. The summed E-state index contributed by atoms with van der Waals surface area (Å²) in [6.45, 7) is 6.50. The number of para-hydroxylation sites is 1. The van der Waals surface area contributed by atoms with Crippen molar-refractivity contribution < 1.29 is 4.79 Å². The number of amides is 2.